The lowest BCUT2D eigenvalue weighted by Crippen LogP contribution is -2.11. The molecule has 1 aromatic carbocycles. The SMILES string of the molecule is Cc1ccc(C)c(Cn2nc(C)cc2C(=O)O)c1. The van der Waals surface area contributed by atoms with Crippen LogP contribution in [0.25, 0.3) is 0 Å². The highest BCUT2D eigenvalue weighted by Gasteiger charge is 2.13. The average Bonchev–Trinajstić information content (AvgIpc) is 2.65. The second-order valence-corrected chi connectivity index (χ2v) is 4.56. The largest absolute Gasteiger partial charge is 0.477 e. The van der Waals surface area contributed by atoms with E-state index in [1.807, 2.05) is 26.0 Å². The van der Waals surface area contributed by atoms with Crippen molar-refractivity contribution < 1.29 is 9.90 Å². The summed E-state index contributed by atoms with van der Waals surface area (Å²) in [6.07, 6.45) is 0. The molecule has 0 fully saturated rings. The molecule has 0 aliphatic rings. The first-order chi connectivity index (χ1) is 8.47. The molecule has 0 bridgehead atoms. The Morgan fingerprint density at radius 3 is 2.67 bits per heavy atom. The van der Waals surface area contributed by atoms with Gasteiger partial charge in [0.05, 0.1) is 12.2 Å². The van der Waals surface area contributed by atoms with Crippen LogP contribution in [0.3, 0.4) is 0 Å². The highest BCUT2D eigenvalue weighted by atomic mass is 16.4. The third-order valence-corrected chi connectivity index (χ3v) is 2.95. The van der Waals surface area contributed by atoms with Crippen LogP contribution in [0.4, 0.5) is 0 Å². The Morgan fingerprint density at radius 1 is 1.28 bits per heavy atom. The molecule has 0 aliphatic heterocycles. The van der Waals surface area contributed by atoms with Crippen molar-refractivity contribution in [3.63, 3.8) is 0 Å². The second kappa shape index (κ2) is 4.64. The zero-order valence-corrected chi connectivity index (χ0v) is 10.8. The van der Waals surface area contributed by atoms with Crippen LogP contribution in [0.15, 0.2) is 24.3 Å². The zero-order valence-electron chi connectivity index (χ0n) is 10.8. The summed E-state index contributed by atoms with van der Waals surface area (Å²) in [7, 11) is 0. The number of hydrogen-bond donors (Lipinski definition) is 1. The number of benzene rings is 1. The fourth-order valence-corrected chi connectivity index (χ4v) is 1.97. The first-order valence-electron chi connectivity index (χ1n) is 5.81. The zero-order chi connectivity index (χ0) is 13.3. The predicted octanol–water partition coefficient (Wildman–Crippen LogP) is 2.55. The first kappa shape index (κ1) is 12.4. The standard InChI is InChI=1S/C14H16N2O2/c1-9-4-5-10(2)12(6-9)8-16-13(14(17)18)7-11(3)15-16/h4-7H,8H2,1-3H3,(H,17,18). The van der Waals surface area contributed by atoms with Crippen molar-refractivity contribution in [1.29, 1.82) is 0 Å². The maximum atomic E-state index is 11.1. The van der Waals surface area contributed by atoms with E-state index in [2.05, 4.69) is 11.2 Å². The van der Waals surface area contributed by atoms with Crippen molar-refractivity contribution in [3.05, 3.63) is 52.3 Å². The minimum Gasteiger partial charge on any atom is -0.477 e. The van der Waals surface area contributed by atoms with Crippen molar-refractivity contribution in [2.75, 3.05) is 0 Å². The van der Waals surface area contributed by atoms with E-state index in [1.54, 1.807) is 17.7 Å². The van der Waals surface area contributed by atoms with E-state index in [4.69, 9.17) is 5.11 Å². The van der Waals surface area contributed by atoms with Gasteiger partial charge in [-0.2, -0.15) is 5.10 Å². The van der Waals surface area contributed by atoms with Gasteiger partial charge in [-0.25, -0.2) is 4.79 Å². The Kier molecular flexibility index (Phi) is 3.19. The average molecular weight is 244 g/mol. The summed E-state index contributed by atoms with van der Waals surface area (Å²) in [6.45, 7) is 6.33. The molecule has 94 valence electrons. The van der Waals surface area contributed by atoms with Crippen LogP contribution < -0.4 is 0 Å². The van der Waals surface area contributed by atoms with Crippen LogP contribution in [0.1, 0.15) is 32.9 Å². The minimum absolute atomic E-state index is 0.230. The van der Waals surface area contributed by atoms with E-state index in [9.17, 15) is 4.79 Å². The molecule has 0 aliphatic carbocycles. The Bertz CT molecular complexity index is 600. The van der Waals surface area contributed by atoms with Crippen molar-refractivity contribution in [2.24, 2.45) is 0 Å². The lowest BCUT2D eigenvalue weighted by atomic mass is 10.1. The summed E-state index contributed by atoms with van der Waals surface area (Å²) in [5, 5.41) is 13.4. The van der Waals surface area contributed by atoms with Gasteiger partial charge in [0.1, 0.15) is 5.69 Å². The number of carboxylic acids is 1. The second-order valence-electron chi connectivity index (χ2n) is 4.56. The molecule has 1 heterocycles. The molecular weight excluding hydrogens is 228 g/mol. The monoisotopic (exact) mass is 244 g/mol. The number of nitrogens with zero attached hydrogens (tertiary/aromatic N) is 2. The number of aromatic carboxylic acids is 1. The molecule has 0 amide bonds. The van der Waals surface area contributed by atoms with E-state index in [0.717, 1.165) is 22.4 Å². The summed E-state index contributed by atoms with van der Waals surface area (Å²) < 4.78 is 1.54. The molecule has 1 aromatic heterocycles. The van der Waals surface area contributed by atoms with E-state index in [1.165, 1.54) is 0 Å². The van der Waals surface area contributed by atoms with Gasteiger partial charge in [0.25, 0.3) is 0 Å². The van der Waals surface area contributed by atoms with Gasteiger partial charge in [-0.15, -0.1) is 0 Å². The smallest absolute Gasteiger partial charge is 0.354 e. The number of aromatic nitrogens is 2. The molecule has 2 rings (SSSR count). The van der Waals surface area contributed by atoms with Gasteiger partial charge in [-0.05, 0) is 38.0 Å². The molecule has 1 N–H and O–H groups in total. The highest BCUT2D eigenvalue weighted by molar-refractivity contribution is 5.85. The molecule has 0 unspecified atom stereocenters. The summed E-state index contributed by atoms with van der Waals surface area (Å²) in [5.74, 6) is -0.944. The summed E-state index contributed by atoms with van der Waals surface area (Å²) in [6, 6.07) is 7.75. The summed E-state index contributed by atoms with van der Waals surface area (Å²) in [5.41, 5.74) is 4.35. The maximum Gasteiger partial charge on any atom is 0.354 e. The van der Waals surface area contributed by atoms with Crippen molar-refractivity contribution in [2.45, 2.75) is 27.3 Å². The van der Waals surface area contributed by atoms with E-state index < -0.39 is 5.97 Å². The predicted molar refractivity (Wildman–Crippen MR) is 68.9 cm³/mol. The Hall–Kier alpha value is -2.10. The van der Waals surface area contributed by atoms with Crippen LogP contribution in [-0.4, -0.2) is 20.9 Å². The fraction of sp³-hybridized carbons (Fsp3) is 0.286. The Labute approximate surface area is 106 Å². The first-order valence-corrected chi connectivity index (χ1v) is 5.81. The number of rotatable bonds is 3. The molecule has 2 aromatic rings. The lowest BCUT2D eigenvalue weighted by molar-refractivity contribution is 0.0684. The van der Waals surface area contributed by atoms with E-state index in [0.29, 0.717) is 6.54 Å². The molecule has 4 nitrogen and oxygen atoms in total. The normalized spacial score (nSPS) is 10.6. The van der Waals surface area contributed by atoms with Crippen LogP contribution in [0.5, 0.6) is 0 Å². The number of aryl methyl sites for hydroxylation is 3. The quantitative estimate of drug-likeness (QED) is 0.902. The van der Waals surface area contributed by atoms with Gasteiger partial charge in [-0.3, -0.25) is 4.68 Å². The topological polar surface area (TPSA) is 55.1 Å². The fourth-order valence-electron chi connectivity index (χ4n) is 1.97. The molecule has 18 heavy (non-hydrogen) atoms. The van der Waals surface area contributed by atoms with E-state index in [-0.39, 0.29) is 5.69 Å². The third kappa shape index (κ3) is 2.42. The highest BCUT2D eigenvalue weighted by Crippen LogP contribution is 2.14. The van der Waals surface area contributed by atoms with Gasteiger partial charge >= 0.3 is 5.97 Å². The van der Waals surface area contributed by atoms with Gasteiger partial charge in [0.2, 0.25) is 0 Å². The van der Waals surface area contributed by atoms with Gasteiger partial charge in [0, 0.05) is 0 Å². The van der Waals surface area contributed by atoms with Crippen molar-refractivity contribution >= 4 is 5.97 Å². The van der Waals surface area contributed by atoms with Crippen molar-refractivity contribution in [3.8, 4) is 0 Å². The Morgan fingerprint density at radius 2 is 2.00 bits per heavy atom. The maximum absolute atomic E-state index is 11.1. The van der Waals surface area contributed by atoms with E-state index >= 15 is 0 Å². The van der Waals surface area contributed by atoms with Crippen molar-refractivity contribution in [1.82, 2.24) is 9.78 Å². The third-order valence-electron chi connectivity index (χ3n) is 2.95. The molecular formula is C14H16N2O2. The number of carbonyl (C=O) groups is 1. The molecule has 0 spiro atoms. The number of hydrogen-bond acceptors (Lipinski definition) is 2. The molecule has 0 saturated heterocycles. The number of carboxylic acid groups (broad SMARTS) is 1. The lowest BCUT2D eigenvalue weighted by Gasteiger charge is -2.09. The molecule has 0 saturated carbocycles. The molecule has 0 radical (unpaired) electrons. The summed E-state index contributed by atoms with van der Waals surface area (Å²) in [4.78, 5) is 11.1. The Balaban J connectivity index is 2.39. The molecule has 0 atom stereocenters. The van der Waals surface area contributed by atoms with Crippen LogP contribution >= 0.6 is 0 Å². The molecule has 4 heteroatoms. The summed E-state index contributed by atoms with van der Waals surface area (Å²) >= 11 is 0. The van der Waals surface area contributed by atoms with Gasteiger partial charge < -0.3 is 5.11 Å². The van der Waals surface area contributed by atoms with Gasteiger partial charge in [-0.1, -0.05) is 23.8 Å². The van der Waals surface area contributed by atoms with Gasteiger partial charge in [0.15, 0.2) is 0 Å². The minimum atomic E-state index is -0.944. The van der Waals surface area contributed by atoms with Crippen LogP contribution in [0, 0.1) is 20.8 Å². The van der Waals surface area contributed by atoms with Crippen LogP contribution in [-0.2, 0) is 6.54 Å². The van der Waals surface area contributed by atoms with Crippen LogP contribution in [0.2, 0.25) is 0 Å².